The van der Waals surface area contributed by atoms with Gasteiger partial charge in [-0.3, -0.25) is 9.69 Å². The average Bonchev–Trinajstić information content (AvgIpc) is 2.73. The summed E-state index contributed by atoms with van der Waals surface area (Å²) >= 11 is 0. The third-order valence-electron chi connectivity index (χ3n) is 4.23. The van der Waals surface area contributed by atoms with Crippen LogP contribution in [0.25, 0.3) is 0 Å². The molecule has 2 fully saturated rings. The summed E-state index contributed by atoms with van der Waals surface area (Å²) in [6, 6.07) is 4.95. The maximum absolute atomic E-state index is 12.6. The molecule has 1 saturated heterocycles. The van der Waals surface area contributed by atoms with Gasteiger partial charge >= 0.3 is 6.03 Å². The van der Waals surface area contributed by atoms with E-state index in [4.69, 9.17) is 5.84 Å². The summed E-state index contributed by atoms with van der Waals surface area (Å²) in [5, 5.41) is 2.89. The number of pyridine rings is 1. The molecular formula is C14H19N5O2. The van der Waals surface area contributed by atoms with Gasteiger partial charge in [-0.2, -0.15) is 0 Å². The van der Waals surface area contributed by atoms with Crippen LogP contribution < -0.4 is 16.6 Å². The van der Waals surface area contributed by atoms with E-state index < -0.39 is 5.54 Å². The molecule has 0 bridgehead atoms. The van der Waals surface area contributed by atoms with Gasteiger partial charge in [0.1, 0.15) is 11.4 Å². The Morgan fingerprint density at radius 2 is 2.05 bits per heavy atom. The summed E-state index contributed by atoms with van der Waals surface area (Å²) in [5.74, 6) is 5.70. The topological polar surface area (TPSA) is 100 Å². The molecule has 3 amide bonds. The van der Waals surface area contributed by atoms with Crippen molar-refractivity contribution in [2.24, 2.45) is 5.84 Å². The van der Waals surface area contributed by atoms with Gasteiger partial charge in [-0.1, -0.05) is 25.3 Å². The molecule has 0 aromatic carbocycles. The van der Waals surface area contributed by atoms with Gasteiger partial charge in [0.05, 0.1) is 12.2 Å². The third-order valence-corrected chi connectivity index (χ3v) is 4.23. The summed E-state index contributed by atoms with van der Waals surface area (Å²) in [7, 11) is 0. The smallest absolute Gasteiger partial charge is 0.323 e. The standard InChI is InChI=1S/C14H19N5O2/c15-18-11-6-4-5-10(16-11)9-19-12(20)14(17-13(19)21)7-2-1-3-8-14/h4-6H,1-3,7-9,15H2,(H,16,18)(H,17,21). The fourth-order valence-electron chi connectivity index (χ4n) is 3.12. The van der Waals surface area contributed by atoms with Gasteiger partial charge in [0.25, 0.3) is 5.91 Å². The highest BCUT2D eigenvalue weighted by Gasteiger charge is 2.51. The van der Waals surface area contributed by atoms with Gasteiger partial charge in [0, 0.05) is 0 Å². The van der Waals surface area contributed by atoms with E-state index >= 15 is 0 Å². The highest BCUT2D eigenvalue weighted by atomic mass is 16.2. The Hall–Kier alpha value is -2.15. The first kappa shape index (κ1) is 13.8. The molecule has 112 valence electrons. The summed E-state index contributed by atoms with van der Waals surface area (Å²) < 4.78 is 0. The predicted molar refractivity (Wildman–Crippen MR) is 76.9 cm³/mol. The Labute approximate surface area is 122 Å². The number of amides is 3. The summed E-state index contributed by atoms with van der Waals surface area (Å²) in [4.78, 5) is 30.3. The van der Waals surface area contributed by atoms with E-state index in [2.05, 4.69) is 15.7 Å². The second-order valence-corrected chi connectivity index (χ2v) is 5.62. The maximum Gasteiger partial charge on any atom is 0.325 e. The number of nitrogens with zero attached hydrogens (tertiary/aromatic N) is 2. The molecular weight excluding hydrogens is 270 g/mol. The van der Waals surface area contributed by atoms with Gasteiger partial charge in [0.15, 0.2) is 0 Å². The summed E-state index contributed by atoms with van der Waals surface area (Å²) in [6.45, 7) is 0.169. The Morgan fingerprint density at radius 1 is 1.29 bits per heavy atom. The zero-order chi connectivity index (χ0) is 14.9. The molecule has 1 aromatic rings. The maximum atomic E-state index is 12.6. The first-order valence-corrected chi connectivity index (χ1v) is 7.21. The molecule has 0 radical (unpaired) electrons. The Kier molecular flexibility index (Phi) is 3.50. The van der Waals surface area contributed by atoms with Crippen LogP contribution in [0.1, 0.15) is 37.8 Å². The molecule has 0 atom stereocenters. The third kappa shape index (κ3) is 2.44. The van der Waals surface area contributed by atoms with Crippen LogP contribution in [0.2, 0.25) is 0 Å². The first-order chi connectivity index (χ1) is 10.1. The number of nitrogens with one attached hydrogen (secondary N) is 2. The van der Waals surface area contributed by atoms with Crippen molar-refractivity contribution in [1.29, 1.82) is 0 Å². The molecule has 0 unspecified atom stereocenters. The van der Waals surface area contributed by atoms with Crippen LogP contribution in [0, 0.1) is 0 Å². The van der Waals surface area contributed by atoms with Gasteiger partial charge < -0.3 is 10.7 Å². The lowest BCUT2D eigenvalue weighted by Crippen LogP contribution is -2.48. The van der Waals surface area contributed by atoms with E-state index in [1.807, 2.05) is 0 Å². The molecule has 21 heavy (non-hydrogen) atoms. The normalized spacial score (nSPS) is 20.7. The second kappa shape index (κ2) is 5.33. The average molecular weight is 289 g/mol. The van der Waals surface area contributed by atoms with Crippen molar-refractivity contribution in [2.45, 2.75) is 44.2 Å². The largest absolute Gasteiger partial charge is 0.325 e. The van der Waals surface area contributed by atoms with E-state index in [9.17, 15) is 9.59 Å². The molecule has 4 N–H and O–H groups in total. The molecule has 3 rings (SSSR count). The molecule has 1 saturated carbocycles. The molecule has 1 spiro atoms. The van der Waals surface area contributed by atoms with Crippen molar-refractivity contribution in [3.63, 3.8) is 0 Å². The lowest BCUT2D eigenvalue weighted by Gasteiger charge is -2.30. The van der Waals surface area contributed by atoms with Gasteiger partial charge in [-0.05, 0) is 25.0 Å². The van der Waals surface area contributed by atoms with Crippen LogP contribution in [0.3, 0.4) is 0 Å². The molecule has 1 aliphatic carbocycles. The molecule has 1 aromatic heterocycles. The van der Waals surface area contributed by atoms with Gasteiger partial charge in [-0.25, -0.2) is 15.6 Å². The van der Waals surface area contributed by atoms with Gasteiger partial charge in [-0.15, -0.1) is 0 Å². The monoisotopic (exact) mass is 289 g/mol. The minimum atomic E-state index is -0.681. The lowest BCUT2D eigenvalue weighted by molar-refractivity contribution is -0.132. The van der Waals surface area contributed by atoms with Crippen LogP contribution in [-0.4, -0.2) is 27.4 Å². The van der Waals surface area contributed by atoms with Crippen LogP contribution in [0.15, 0.2) is 18.2 Å². The SMILES string of the molecule is NNc1cccc(CN2C(=O)NC3(CCCCC3)C2=O)n1. The molecule has 7 nitrogen and oxygen atoms in total. The van der Waals surface area contributed by atoms with E-state index in [0.29, 0.717) is 11.5 Å². The van der Waals surface area contributed by atoms with E-state index in [1.165, 1.54) is 4.90 Å². The molecule has 2 heterocycles. The number of hydrazine groups is 1. The minimum absolute atomic E-state index is 0.125. The van der Waals surface area contributed by atoms with E-state index in [0.717, 1.165) is 32.1 Å². The molecule has 2 aliphatic rings. The number of anilines is 1. The number of aromatic nitrogens is 1. The zero-order valence-corrected chi connectivity index (χ0v) is 11.8. The van der Waals surface area contributed by atoms with E-state index in [1.54, 1.807) is 18.2 Å². The molecule has 7 heteroatoms. The Morgan fingerprint density at radius 3 is 2.76 bits per heavy atom. The first-order valence-electron chi connectivity index (χ1n) is 7.21. The van der Waals surface area contributed by atoms with Gasteiger partial charge in [0.2, 0.25) is 0 Å². The summed E-state index contributed by atoms with van der Waals surface area (Å²) in [5.41, 5.74) is 2.40. The number of imide groups is 1. The number of carbonyl (C=O) groups excluding carboxylic acids is 2. The quantitative estimate of drug-likeness (QED) is 0.440. The number of carbonyl (C=O) groups is 2. The van der Waals surface area contributed by atoms with Crippen LogP contribution >= 0.6 is 0 Å². The predicted octanol–water partition coefficient (Wildman–Crippen LogP) is 1.12. The highest BCUT2D eigenvalue weighted by molar-refractivity contribution is 6.07. The fraction of sp³-hybridized carbons (Fsp3) is 0.500. The van der Waals surface area contributed by atoms with E-state index in [-0.39, 0.29) is 18.5 Å². The van der Waals surface area contributed by atoms with Crippen molar-refractivity contribution in [1.82, 2.24) is 15.2 Å². The van der Waals surface area contributed by atoms with Crippen molar-refractivity contribution in [3.8, 4) is 0 Å². The van der Waals surface area contributed by atoms with Crippen molar-refractivity contribution >= 4 is 17.8 Å². The number of hydrogen-bond acceptors (Lipinski definition) is 5. The van der Waals surface area contributed by atoms with Crippen LogP contribution in [0.4, 0.5) is 10.6 Å². The minimum Gasteiger partial charge on any atom is -0.323 e. The number of nitrogen functional groups attached to an aromatic ring is 1. The van der Waals surface area contributed by atoms with Crippen molar-refractivity contribution in [3.05, 3.63) is 23.9 Å². The number of rotatable bonds is 3. The fourth-order valence-corrected chi connectivity index (χ4v) is 3.12. The summed E-state index contributed by atoms with van der Waals surface area (Å²) in [6.07, 6.45) is 4.53. The number of hydrogen-bond donors (Lipinski definition) is 3. The lowest BCUT2D eigenvalue weighted by atomic mass is 9.82. The van der Waals surface area contributed by atoms with Crippen LogP contribution in [0.5, 0.6) is 0 Å². The molecule has 1 aliphatic heterocycles. The second-order valence-electron chi connectivity index (χ2n) is 5.62. The Bertz CT molecular complexity index is 568. The highest BCUT2D eigenvalue weighted by Crippen LogP contribution is 2.34. The van der Waals surface area contributed by atoms with Crippen molar-refractivity contribution < 1.29 is 9.59 Å². The zero-order valence-electron chi connectivity index (χ0n) is 11.8. The van der Waals surface area contributed by atoms with Crippen LogP contribution in [-0.2, 0) is 11.3 Å². The van der Waals surface area contributed by atoms with Crippen molar-refractivity contribution in [2.75, 3.05) is 5.43 Å². The number of nitrogens with two attached hydrogens (primary N) is 1. The number of urea groups is 1. The Balaban J connectivity index is 1.79.